The first kappa shape index (κ1) is 13.7. The number of thiophene rings is 1. The van der Waals surface area contributed by atoms with Gasteiger partial charge in [0.1, 0.15) is 0 Å². The summed E-state index contributed by atoms with van der Waals surface area (Å²) in [5.74, 6) is 0.795. The van der Waals surface area contributed by atoms with E-state index in [4.69, 9.17) is 0 Å². The molecule has 1 nitrogen and oxygen atoms in total. The molecule has 1 aromatic heterocycles. The monoisotopic (exact) mass is 239 g/mol. The summed E-state index contributed by atoms with van der Waals surface area (Å²) >= 11 is 1.88. The highest BCUT2D eigenvalue weighted by Gasteiger charge is 2.13. The number of hydrogen-bond donors (Lipinski definition) is 1. The Kier molecular flexibility index (Phi) is 6.74. The van der Waals surface area contributed by atoms with Crippen molar-refractivity contribution in [2.24, 2.45) is 5.92 Å². The zero-order valence-electron chi connectivity index (χ0n) is 10.8. The van der Waals surface area contributed by atoms with Gasteiger partial charge in [-0.15, -0.1) is 11.3 Å². The summed E-state index contributed by atoms with van der Waals surface area (Å²) in [5, 5.41) is 5.79. The second kappa shape index (κ2) is 7.86. The molecule has 1 aromatic rings. The predicted molar refractivity (Wildman–Crippen MR) is 74.2 cm³/mol. The predicted octanol–water partition coefficient (Wildman–Crippen LogP) is 4.10. The van der Waals surface area contributed by atoms with Gasteiger partial charge in [-0.05, 0) is 43.2 Å². The fraction of sp³-hybridized carbons (Fsp3) is 0.714. The van der Waals surface area contributed by atoms with Crippen molar-refractivity contribution in [3.05, 3.63) is 22.4 Å². The average molecular weight is 239 g/mol. The molecule has 16 heavy (non-hydrogen) atoms. The highest BCUT2D eigenvalue weighted by molar-refractivity contribution is 7.09. The largest absolute Gasteiger partial charge is 0.314 e. The molecule has 0 fully saturated rings. The Balaban J connectivity index is 2.26. The zero-order valence-corrected chi connectivity index (χ0v) is 11.6. The lowest BCUT2D eigenvalue weighted by atomic mass is 9.94. The van der Waals surface area contributed by atoms with Gasteiger partial charge in [-0.3, -0.25) is 0 Å². The van der Waals surface area contributed by atoms with Gasteiger partial charge in [0.15, 0.2) is 0 Å². The standard InChI is InChI=1S/C14H25NS/c1-4-12(3)14(15-5-2)10-6-8-13-9-7-11-16-13/h7,9,11-12,14-15H,4-6,8,10H2,1-3H3. The number of hydrogen-bond acceptors (Lipinski definition) is 2. The van der Waals surface area contributed by atoms with Gasteiger partial charge in [0, 0.05) is 10.9 Å². The molecular formula is C14H25NS. The highest BCUT2D eigenvalue weighted by Crippen LogP contribution is 2.17. The van der Waals surface area contributed by atoms with E-state index in [-0.39, 0.29) is 0 Å². The minimum atomic E-state index is 0.704. The Labute approximate surface area is 104 Å². The molecule has 0 saturated heterocycles. The first-order chi connectivity index (χ1) is 7.77. The molecule has 0 aliphatic heterocycles. The van der Waals surface area contributed by atoms with Crippen LogP contribution in [0.5, 0.6) is 0 Å². The summed E-state index contributed by atoms with van der Waals surface area (Å²) in [6, 6.07) is 5.10. The van der Waals surface area contributed by atoms with E-state index in [9.17, 15) is 0 Å². The van der Waals surface area contributed by atoms with Crippen LogP contribution in [0.4, 0.5) is 0 Å². The van der Waals surface area contributed by atoms with Crippen LogP contribution in [0.25, 0.3) is 0 Å². The van der Waals surface area contributed by atoms with E-state index in [1.54, 1.807) is 0 Å². The van der Waals surface area contributed by atoms with E-state index in [0.29, 0.717) is 6.04 Å². The third-order valence-corrected chi connectivity index (χ3v) is 4.25. The third-order valence-electron chi connectivity index (χ3n) is 3.32. The molecule has 1 N–H and O–H groups in total. The molecule has 0 saturated carbocycles. The fourth-order valence-corrected chi connectivity index (χ4v) is 2.84. The summed E-state index contributed by atoms with van der Waals surface area (Å²) in [5.41, 5.74) is 0. The maximum atomic E-state index is 3.62. The van der Waals surface area contributed by atoms with Gasteiger partial charge < -0.3 is 5.32 Å². The second-order valence-corrected chi connectivity index (χ2v) is 5.55. The second-order valence-electron chi connectivity index (χ2n) is 4.52. The summed E-state index contributed by atoms with van der Waals surface area (Å²) in [6.07, 6.45) is 5.13. The third kappa shape index (κ3) is 4.67. The maximum absolute atomic E-state index is 3.62. The lowest BCUT2D eigenvalue weighted by Gasteiger charge is -2.23. The zero-order chi connectivity index (χ0) is 11.8. The lowest BCUT2D eigenvalue weighted by Crippen LogP contribution is -2.34. The van der Waals surface area contributed by atoms with Crippen molar-refractivity contribution in [2.75, 3.05) is 6.54 Å². The van der Waals surface area contributed by atoms with E-state index in [2.05, 4.69) is 43.6 Å². The first-order valence-corrected chi connectivity index (χ1v) is 7.41. The van der Waals surface area contributed by atoms with Gasteiger partial charge >= 0.3 is 0 Å². The van der Waals surface area contributed by atoms with Crippen molar-refractivity contribution in [1.29, 1.82) is 0 Å². The van der Waals surface area contributed by atoms with Gasteiger partial charge in [0.25, 0.3) is 0 Å². The summed E-state index contributed by atoms with van der Waals surface area (Å²) < 4.78 is 0. The molecule has 2 atom stereocenters. The Bertz CT molecular complexity index is 256. The van der Waals surface area contributed by atoms with Gasteiger partial charge in [-0.2, -0.15) is 0 Å². The van der Waals surface area contributed by atoms with E-state index in [1.807, 2.05) is 11.3 Å². The Morgan fingerprint density at radius 3 is 2.75 bits per heavy atom. The molecule has 0 amide bonds. The van der Waals surface area contributed by atoms with Crippen molar-refractivity contribution < 1.29 is 0 Å². The van der Waals surface area contributed by atoms with Crippen LogP contribution in [0.1, 0.15) is 44.9 Å². The Hall–Kier alpha value is -0.340. The van der Waals surface area contributed by atoms with E-state index >= 15 is 0 Å². The summed E-state index contributed by atoms with van der Waals surface area (Å²) in [4.78, 5) is 1.53. The fourth-order valence-electron chi connectivity index (χ4n) is 2.09. The molecule has 2 unspecified atom stereocenters. The Morgan fingerprint density at radius 1 is 1.38 bits per heavy atom. The number of aryl methyl sites for hydroxylation is 1. The lowest BCUT2D eigenvalue weighted by molar-refractivity contribution is 0.348. The van der Waals surface area contributed by atoms with Crippen LogP contribution in [-0.4, -0.2) is 12.6 Å². The van der Waals surface area contributed by atoms with Crippen LogP contribution in [0.15, 0.2) is 17.5 Å². The number of rotatable bonds is 8. The molecule has 0 aliphatic rings. The SMILES string of the molecule is CCNC(CCCc1cccs1)C(C)CC. The Morgan fingerprint density at radius 2 is 2.19 bits per heavy atom. The van der Waals surface area contributed by atoms with E-state index in [1.165, 1.54) is 30.6 Å². The van der Waals surface area contributed by atoms with Crippen LogP contribution >= 0.6 is 11.3 Å². The number of nitrogens with one attached hydrogen (secondary N) is 1. The molecule has 0 spiro atoms. The summed E-state index contributed by atoms with van der Waals surface area (Å²) in [7, 11) is 0. The molecule has 92 valence electrons. The van der Waals surface area contributed by atoms with Crippen LogP contribution in [0.2, 0.25) is 0 Å². The minimum Gasteiger partial charge on any atom is -0.314 e. The van der Waals surface area contributed by atoms with Crippen LogP contribution in [0.3, 0.4) is 0 Å². The quantitative estimate of drug-likeness (QED) is 0.720. The van der Waals surface area contributed by atoms with Gasteiger partial charge in [-0.1, -0.05) is 33.3 Å². The van der Waals surface area contributed by atoms with Crippen molar-refractivity contribution in [2.45, 2.75) is 52.5 Å². The van der Waals surface area contributed by atoms with Crippen molar-refractivity contribution in [3.63, 3.8) is 0 Å². The highest BCUT2D eigenvalue weighted by atomic mass is 32.1. The first-order valence-electron chi connectivity index (χ1n) is 6.53. The van der Waals surface area contributed by atoms with E-state index < -0.39 is 0 Å². The van der Waals surface area contributed by atoms with Crippen LogP contribution < -0.4 is 5.32 Å². The smallest absolute Gasteiger partial charge is 0.00925 e. The normalized spacial score (nSPS) is 14.9. The molecule has 1 heterocycles. The molecular weight excluding hydrogens is 214 g/mol. The molecule has 0 aliphatic carbocycles. The molecule has 1 rings (SSSR count). The van der Waals surface area contributed by atoms with E-state index in [0.717, 1.165) is 12.5 Å². The van der Waals surface area contributed by atoms with Gasteiger partial charge in [-0.25, -0.2) is 0 Å². The molecule has 0 bridgehead atoms. The average Bonchev–Trinajstić information content (AvgIpc) is 2.80. The molecule has 0 aromatic carbocycles. The van der Waals surface area contributed by atoms with Crippen molar-refractivity contribution in [1.82, 2.24) is 5.32 Å². The topological polar surface area (TPSA) is 12.0 Å². The molecule has 2 heteroatoms. The molecule has 0 radical (unpaired) electrons. The maximum Gasteiger partial charge on any atom is 0.00925 e. The van der Waals surface area contributed by atoms with Crippen LogP contribution in [-0.2, 0) is 6.42 Å². The minimum absolute atomic E-state index is 0.704. The summed E-state index contributed by atoms with van der Waals surface area (Å²) in [6.45, 7) is 7.94. The van der Waals surface area contributed by atoms with Crippen molar-refractivity contribution in [3.8, 4) is 0 Å². The van der Waals surface area contributed by atoms with Crippen molar-refractivity contribution >= 4 is 11.3 Å². The van der Waals surface area contributed by atoms with Gasteiger partial charge in [0.2, 0.25) is 0 Å². The van der Waals surface area contributed by atoms with Crippen LogP contribution in [0, 0.1) is 5.92 Å². The van der Waals surface area contributed by atoms with Gasteiger partial charge in [0.05, 0.1) is 0 Å².